The second kappa shape index (κ2) is 7.18. The molecule has 1 aliphatic rings. The molecule has 0 aliphatic carbocycles. The Kier molecular flexibility index (Phi) is 4.93. The Bertz CT molecular complexity index is 917. The van der Waals surface area contributed by atoms with Crippen molar-refractivity contribution < 1.29 is 36.2 Å². The number of ether oxygens (including phenoxy) is 2. The molecule has 0 radical (unpaired) electrons. The van der Waals surface area contributed by atoms with Crippen molar-refractivity contribution in [2.45, 2.75) is 12.8 Å². The van der Waals surface area contributed by atoms with Crippen LogP contribution in [0.4, 0.5) is 22.0 Å². The maximum Gasteiger partial charge on any atom is 0.416 e. The minimum atomic E-state index is -4.49. The number of para-hydroxylation sites is 1. The third kappa shape index (κ3) is 4.30. The molecule has 2 aromatic carbocycles. The summed E-state index contributed by atoms with van der Waals surface area (Å²) in [5.74, 6) is -1.21. The van der Waals surface area contributed by atoms with E-state index in [-0.39, 0.29) is 28.5 Å². The fourth-order valence-corrected chi connectivity index (χ4v) is 2.28. The van der Waals surface area contributed by atoms with Crippen molar-refractivity contribution in [1.82, 2.24) is 0 Å². The Balaban J connectivity index is 1.90. The predicted molar refractivity (Wildman–Crippen MR) is 85.1 cm³/mol. The number of rotatable bonds is 4. The summed E-state index contributed by atoms with van der Waals surface area (Å²) in [4.78, 5) is 15.9. The van der Waals surface area contributed by atoms with Gasteiger partial charge in [-0.05, 0) is 36.4 Å². The van der Waals surface area contributed by atoms with Gasteiger partial charge in [0.1, 0.15) is 5.75 Å². The number of carbonyl (C=O) groups excluding carboxylic acids is 1. The van der Waals surface area contributed by atoms with Gasteiger partial charge in [0.05, 0.1) is 5.56 Å². The van der Waals surface area contributed by atoms with Crippen LogP contribution >= 0.6 is 0 Å². The van der Waals surface area contributed by atoms with Crippen LogP contribution in [0.1, 0.15) is 16.7 Å². The Morgan fingerprint density at radius 3 is 2.33 bits per heavy atom. The topological polar surface area (TPSA) is 47.9 Å². The number of hydrogen-bond donors (Lipinski definition) is 0. The van der Waals surface area contributed by atoms with Crippen molar-refractivity contribution in [2.75, 3.05) is 0 Å². The summed E-state index contributed by atoms with van der Waals surface area (Å²) in [7, 11) is 0. The summed E-state index contributed by atoms with van der Waals surface area (Å²) in [6.07, 6.45) is -3.30. The zero-order valence-corrected chi connectivity index (χ0v) is 13.3. The molecule has 0 saturated heterocycles. The van der Waals surface area contributed by atoms with Crippen LogP contribution in [-0.4, -0.2) is 18.5 Å². The largest absolute Gasteiger partial charge is 0.434 e. The van der Waals surface area contributed by atoms with E-state index in [0.29, 0.717) is 0 Å². The molecule has 27 heavy (non-hydrogen) atoms. The first-order valence-corrected chi connectivity index (χ1v) is 7.48. The lowest BCUT2D eigenvalue weighted by Gasteiger charge is -2.07. The third-order valence-electron chi connectivity index (χ3n) is 3.51. The van der Waals surface area contributed by atoms with Crippen LogP contribution in [0.3, 0.4) is 0 Å². The minimum absolute atomic E-state index is 0.161. The number of hydrogen-bond acceptors (Lipinski definition) is 4. The van der Waals surface area contributed by atoms with Gasteiger partial charge in [0.2, 0.25) is 5.90 Å². The van der Waals surface area contributed by atoms with E-state index in [2.05, 4.69) is 9.73 Å². The van der Waals surface area contributed by atoms with Crippen LogP contribution in [-0.2, 0) is 15.7 Å². The number of aliphatic imine (C=N–C) groups is 1. The Labute approximate surface area is 149 Å². The highest BCUT2D eigenvalue weighted by atomic mass is 19.4. The van der Waals surface area contributed by atoms with Gasteiger partial charge in [-0.2, -0.15) is 22.0 Å². The van der Waals surface area contributed by atoms with E-state index in [1.807, 2.05) is 0 Å². The molecule has 0 amide bonds. The Morgan fingerprint density at radius 2 is 1.70 bits per heavy atom. The number of benzene rings is 2. The van der Waals surface area contributed by atoms with Gasteiger partial charge >= 0.3 is 18.8 Å². The fourth-order valence-electron chi connectivity index (χ4n) is 2.28. The van der Waals surface area contributed by atoms with Gasteiger partial charge in [0.25, 0.3) is 0 Å². The van der Waals surface area contributed by atoms with E-state index in [4.69, 9.17) is 4.74 Å². The van der Waals surface area contributed by atoms with Crippen molar-refractivity contribution in [3.63, 3.8) is 0 Å². The summed E-state index contributed by atoms with van der Waals surface area (Å²) < 4.78 is 72.0. The van der Waals surface area contributed by atoms with Gasteiger partial charge in [-0.1, -0.05) is 18.2 Å². The maximum atomic E-state index is 12.6. The van der Waals surface area contributed by atoms with Crippen LogP contribution < -0.4 is 4.74 Å². The number of carbonyl (C=O) groups is 1. The number of halogens is 5. The molecule has 0 spiro atoms. The molecule has 0 saturated carbocycles. The lowest BCUT2D eigenvalue weighted by molar-refractivity contribution is -0.137. The molecule has 0 atom stereocenters. The molecular weight excluding hydrogens is 373 g/mol. The third-order valence-corrected chi connectivity index (χ3v) is 3.51. The van der Waals surface area contributed by atoms with Crippen molar-refractivity contribution >= 4 is 17.9 Å². The SMILES string of the molecule is O=C1OC(c2ccc(C(F)(F)F)cc2)=NC1=Cc1ccccc1OC(F)F. The van der Waals surface area contributed by atoms with E-state index in [0.717, 1.165) is 24.3 Å². The lowest BCUT2D eigenvalue weighted by Crippen LogP contribution is -2.08. The quantitative estimate of drug-likeness (QED) is 0.439. The molecule has 0 N–H and O–H groups in total. The average molecular weight is 383 g/mol. The zero-order valence-electron chi connectivity index (χ0n) is 13.3. The van der Waals surface area contributed by atoms with E-state index in [1.165, 1.54) is 24.3 Å². The molecular formula is C18H10F5NO3. The van der Waals surface area contributed by atoms with E-state index >= 15 is 0 Å². The van der Waals surface area contributed by atoms with Gasteiger partial charge in [-0.25, -0.2) is 9.79 Å². The zero-order chi connectivity index (χ0) is 19.6. The summed E-state index contributed by atoms with van der Waals surface area (Å²) in [5.41, 5.74) is -0.723. The van der Waals surface area contributed by atoms with Gasteiger partial charge in [0.15, 0.2) is 5.70 Å². The van der Waals surface area contributed by atoms with Gasteiger partial charge < -0.3 is 9.47 Å². The maximum absolute atomic E-state index is 12.6. The number of alkyl halides is 5. The molecule has 3 rings (SSSR count). The fraction of sp³-hybridized carbons (Fsp3) is 0.111. The smallest absolute Gasteiger partial charge is 0.416 e. The van der Waals surface area contributed by atoms with E-state index in [9.17, 15) is 26.7 Å². The molecule has 4 nitrogen and oxygen atoms in total. The molecule has 1 aliphatic heterocycles. The number of esters is 1. The lowest BCUT2D eigenvalue weighted by atomic mass is 10.1. The van der Waals surface area contributed by atoms with Crippen LogP contribution in [0.5, 0.6) is 5.75 Å². The van der Waals surface area contributed by atoms with Crippen LogP contribution in [0.2, 0.25) is 0 Å². The minimum Gasteiger partial charge on any atom is -0.434 e. The first kappa shape index (κ1) is 18.6. The van der Waals surface area contributed by atoms with Gasteiger partial charge in [-0.15, -0.1) is 0 Å². The summed E-state index contributed by atoms with van der Waals surface area (Å²) in [5, 5.41) is 0. The number of nitrogens with zero attached hydrogens (tertiary/aromatic N) is 1. The molecule has 0 fully saturated rings. The Morgan fingerprint density at radius 1 is 1.04 bits per heavy atom. The monoisotopic (exact) mass is 383 g/mol. The first-order valence-electron chi connectivity index (χ1n) is 7.48. The summed E-state index contributed by atoms with van der Waals surface area (Å²) in [6.45, 7) is -3.05. The molecule has 0 aromatic heterocycles. The first-order chi connectivity index (χ1) is 12.7. The highest BCUT2D eigenvalue weighted by Gasteiger charge is 2.31. The molecule has 0 unspecified atom stereocenters. The van der Waals surface area contributed by atoms with E-state index < -0.39 is 24.3 Å². The standard InChI is InChI=1S/C18H10F5NO3/c19-17(20)26-14-4-2-1-3-11(14)9-13-16(25)27-15(24-13)10-5-7-12(8-6-10)18(21,22)23/h1-9,17H. The highest BCUT2D eigenvalue weighted by Crippen LogP contribution is 2.30. The van der Waals surface area contributed by atoms with Crippen molar-refractivity contribution in [2.24, 2.45) is 4.99 Å². The van der Waals surface area contributed by atoms with Gasteiger partial charge in [0, 0.05) is 11.1 Å². The van der Waals surface area contributed by atoms with Crippen LogP contribution in [0.15, 0.2) is 59.2 Å². The molecule has 0 bridgehead atoms. The average Bonchev–Trinajstić information content (AvgIpc) is 2.96. The second-order valence-electron chi connectivity index (χ2n) is 5.33. The normalized spacial score (nSPS) is 15.9. The molecule has 2 aromatic rings. The van der Waals surface area contributed by atoms with Crippen molar-refractivity contribution in [1.29, 1.82) is 0 Å². The second-order valence-corrected chi connectivity index (χ2v) is 5.33. The van der Waals surface area contributed by atoms with Crippen molar-refractivity contribution in [3.8, 4) is 5.75 Å². The molecule has 140 valence electrons. The number of cyclic esters (lactones) is 1. The Hall–Kier alpha value is -3.23. The molecule has 1 heterocycles. The van der Waals surface area contributed by atoms with Crippen LogP contribution in [0.25, 0.3) is 6.08 Å². The molecule has 9 heteroatoms. The highest BCUT2D eigenvalue weighted by molar-refractivity contribution is 6.12. The summed E-state index contributed by atoms with van der Waals surface area (Å²) >= 11 is 0. The van der Waals surface area contributed by atoms with Crippen LogP contribution in [0, 0.1) is 0 Å². The van der Waals surface area contributed by atoms with Crippen molar-refractivity contribution in [3.05, 3.63) is 70.9 Å². The summed E-state index contributed by atoms with van der Waals surface area (Å²) in [6, 6.07) is 9.65. The predicted octanol–water partition coefficient (Wildman–Crippen LogP) is 4.65. The van der Waals surface area contributed by atoms with E-state index in [1.54, 1.807) is 6.07 Å². The van der Waals surface area contributed by atoms with Gasteiger partial charge in [-0.3, -0.25) is 0 Å².